The number of aliphatic hydroxyl groups excluding tert-OH is 1. The van der Waals surface area contributed by atoms with Crippen LogP contribution in [-0.4, -0.2) is 9.67 Å². The summed E-state index contributed by atoms with van der Waals surface area (Å²) in [5, 5.41) is 11.3. The van der Waals surface area contributed by atoms with Gasteiger partial charge in [-0.1, -0.05) is 52.3 Å². The lowest BCUT2D eigenvalue weighted by Crippen LogP contribution is -2.20. The minimum atomic E-state index is -0.414. The average molecular weight is 381 g/mol. The summed E-state index contributed by atoms with van der Waals surface area (Å²) < 4.78 is 16.8. The van der Waals surface area contributed by atoms with E-state index >= 15 is 4.39 Å². The zero-order chi connectivity index (χ0) is 20.5. The largest absolute Gasteiger partial charge is 0.392 e. The number of aryl methyl sites for hydroxylation is 1. The first-order valence-corrected chi connectivity index (χ1v) is 9.84. The molecule has 0 saturated carbocycles. The van der Waals surface area contributed by atoms with E-state index in [1.165, 1.54) is 6.07 Å². The molecule has 0 atom stereocenters. The van der Waals surface area contributed by atoms with Gasteiger partial charge in [-0.05, 0) is 52.1 Å². The number of nitrogens with zero attached hydrogens (tertiary/aromatic N) is 1. The Bertz CT molecular complexity index is 1060. The summed E-state index contributed by atoms with van der Waals surface area (Å²) in [5.41, 5.74) is 2.15. The fourth-order valence-corrected chi connectivity index (χ4v) is 3.85. The van der Waals surface area contributed by atoms with Crippen LogP contribution in [0.3, 0.4) is 0 Å². The second-order valence-corrected chi connectivity index (χ2v) is 8.34. The van der Waals surface area contributed by atoms with E-state index in [0.29, 0.717) is 28.6 Å². The van der Waals surface area contributed by atoms with Gasteiger partial charge in [-0.25, -0.2) is 4.39 Å². The summed E-state index contributed by atoms with van der Waals surface area (Å²) in [5.74, 6) is -0.329. The number of pyridine rings is 1. The molecule has 28 heavy (non-hydrogen) atoms. The predicted octanol–water partition coefficient (Wildman–Crippen LogP) is 5.40. The summed E-state index contributed by atoms with van der Waals surface area (Å²) in [6.45, 7) is 8.29. The molecule has 0 bridgehead atoms. The average Bonchev–Trinajstić information content (AvgIpc) is 2.66. The number of benzene rings is 2. The van der Waals surface area contributed by atoms with Crippen molar-refractivity contribution in [1.29, 1.82) is 0 Å². The molecule has 0 radical (unpaired) electrons. The van der Waals surface area contributed by atoms with E-state index in [1.54, 1.807) is 4.57 Å². The van der Waals surface area contributed by atoms with Crippen LogP contribution in [0.25, 0.3) is 21.9 Å². The first kappa shape index (κ1) is 20.3. The molecular formula is C24H28FNO2. The Hall–Kier alpha value is -2.46. The number of fused-ring (bicyclic) bond motifs is 1. The molecule has 0 spiro atoms. The molecule has 3 nitrogen and oxygen atoms in total. The Labute approximate surface area is 165 Å². The number of unbranched alkanes of at least 4 members (excludes halogenated alkanes) is 1. The van der Waals surface area contributed by atoms with Crippen LogP contribution in [0.5, 0.6) is 0 Å². The van der Waals surface area contributed by atoms with Crippen molar-refractivity contribution in [2.75, 3.05) is 0 Å². The summed E-state index contributed by atoms with van der Waals surface area (Å²) in [6, 6.07) is 10.8. The Morgan fingerprint density at radius 2 is 1.79 bits per heavy atom. The molecule has 1 heterocycles. The lowest BCUT2D eigenvalue weighted by Gasteiger charge is -2.24. The lowest BCUT2D eigenvalue weighted by molar-refractivity contribution is 0.277. The standard InChI is InChI=1S/C24H28FNO2/c1-5-6-11-26-14-20(18-9-7-8-10-19(18)23(26)28)16-12-17(15-27)22(21(25)13-16)24(2,3)4/h7-10,12-14,27H,5-6,11,15H2,1-4H3. The van der Waals surface area contributed by atoms with Crippen molar-refractivity contribution < 1.29 is 9.50 Å². The Morgan fingerprint density at radius 3 is 2.39 bits per heavy atom. The molecule has 0 saturated heterocycles. The fourth-order valence-electron chi connectivity index (χ4n) is 3.85. The summed E-state index contributed by atoms with van der Waals surface area (Å²) in [6.07, 6.45) is 3.71. The van der Waals surface area contributed by atoms with Crippen LogP contribution in [0, 0.1) is 5.82 Å². The fraction of sp³-hybridized carbons (Fsp3) is 0.375. The van der Waals surface area contributed by atoms with E-state index in [1.807, 2.05) is 57.3 Å². The highest BCUT2D eigenvalue weighted by Gasteiger charge is 2.24. The Balaban J connectivity index is 2.30. The van der Waals surface area contributed by atoms with Crippen LogP contribution in [0.2, 0.25) is 0 Å². The van der Waals surface area contributed by atoms with E-state index < -0.39 is 5.41 Å². The van der Waals surface area contributed by atoms with Crippen molar-refractivity contribution in [3.05, 3.63) is 69.9 Å². The molecule has 0 unspecified atom stereocenters. The van der Waals surface area contributed by atoms with E-state index in [0.717, 1.165) is 23.8 Å². The van der Waals surface area contributed by atoms with Gasteiger partial charge in [0, 0.05) is 23.7 Å². The normalized spacial score (nSPS) is 11.9. The van der Waals surface area contributed by atoms with Gasteiger partial charge in [0.25, 0.3) is 5.56 Å². The van der Waals surface area contributed by atoms with Crippen molar-refractivity contribution in [3.8, 4) is 11.1 Å². The highest BCUT2D eigenvalue weighted by atomic mass is 19.1. The van der Waals surface area contributed by atoms with E-state index in [-0.39, 0.29) is 18.0 Å². The van der Waals surface area contributed by atoms with Crippen molar-refractivity contribution >= 4 is 10.8 Å². The molecule has 3 aromatic rings. The smallest absolute Gasteiger partial charge is 0.258 e. The maximum atomic E-state index is 15.1. The molecule has 0 aliphatic heterocycles. The van der Waals surface area contributed by atoms with Gasteiger partial charge < -0.3 is 9.67 Å². The van der Waals surface area contributed by atoms with Crippen molar-refractivity contribution in [2.24, 2.45) is 0 Å². The Morgan fingerprint density at radius 1 is 1.11 bits per heavy atom. The van der Waals surface area contributed by atoms with Gasteiger partial charge in [-0.15, -0.1) is 0 Å². The molecule has 148 valence electrons. The highest BCUT2D eigenvalue weighted by Crippen LogP contribution is 2.34. The number of aliphatic hydroxyl groups is 1. The number of aromatic nitrogens is 1. The van der Waals surface area contributed by atoms with Crippen LogP contribution in [0.4, 0.5) is 4.39 Å². The van der Waals surface area contributed by atoms with Gasteiger partial charge in [0.1, 0.15) is 5.82 Å². The molecule has 4 heteroatoms. The zero-order valence-corrected chi connectivity index (χ0v) is 17.1. The summed E-state index contributed by atoms with van der Waals surface area (Å²) in [4.78, 5) is 12.8. The number of rotatable bonds is 5. The quantitative estimate of drug-likeness (QED) is 0.643. The summed E-state index contributed by atoms with van der Waals surface area (Å²) >= 11 is 0. The zero-order valence-electron chi connectivity index (χ0n) is 17.1. The minimum Gasteiger partial charge on any atom is -0.392 e. The number of halogens is 1. The lowest BCUT2D eigenvalue weighted by atomic mass is 9.82. The van der Waals surface area contributed by atoms with Crippen molar-refractivity contribution in [3.63, 3.8) is 0 Å². The minimum absolute atomic E-state index is 0.0260. The molecule has 0 aliphatic rings. The maximum absolute atomic E-state index is 15.1. The molecule has 2 aromatic carbocycles. The third-order valence-electron chi connectivity index (χ3n) is 5.15. The molecule has 0 amide bonds. The molecule has 0 fully saturated rings. The summed E-state index contributed by atoms with van der Waals surface area (Å²) in [7, 11) is 0. The van der Waals surface area contributed by atoms with Gasteiger partial charge in [0.05, 0.1) is 6.61 Å². The van der Waals surface area contributed by atoms with Gasteiger partial charge >= 0.3 is 0 Å². The van der Waals surface area contributed by atoms with Crippen LogP contribution >= 0.6 is 0 Å². The SMILES string of the molecule is CCCCn1cc(-c2cc(F)c(C(C)(C)C)c(CO)c2)c2ccccc2c1=O. The second-order valence-electron chi connectivity index (χ2n) is 8.34. The van der Waals surface area contributed by atoms with Crippen molar-refractivity contribution in [2.45, 2.75) is 59.1 Å². The van der Waals surface area contributed by atoms with E-state index in [2.05, 4.69) is 6.92 Å². The first-order valence-electron chi connectivity index (χ1n) is 9.84. The van der Waals surface area contributed by atoms with Gasteiger partial charge in [0.2, 0.25) is 0 Å². The van der Waals surface area contributed by atoms with Gasteiger partial charge in [-0.3, -0.25) is 4.79 Å². The molecule has 1 N–H and O–H groups in total. The van der Waals surface area contributed by atoms with E-state index in [9.17, 15) is 9.90 Å². The van der Waals surface area contributed by atoms with Gasteiger partial charge in [-0.2, -0.15) is 0 Å². The number of hydrogen-bond donors (Lipinski definition) is 1. The molecule has 3 rings (SSSR count). The van der Waals surface area contributed by atoms with Crippen molar-refractivity contribution in [1.82, 2.24) is 4.57 Å². The van der Waals surface area contributed by atoms with Crippen LogP contribution in [0.1, 0.15) is 51.7 Å². The first-order chi connectivity index (χ1) is 13.3. The highest BCUT2D eigenvalue weighted by molar-refractivity contribution is 5.95. The molecular weight excluding hydrogens is 353 g/mol. The van der Waals surface area contributed by atoms with Crippen LogP contribution in [0.15, 0.2) is 47.4 Å². The maximum Gasteiger partial charge on any atom is 0.258 e. The second kappa shape index (κ2) is 7.88. The number of hydrogen-bond acceptors (Lipinski definition) is 2. The third-order valence-corrected chi connectivity index (χ3v) is 5.15. The van der Waals surface area contributed by atoms with Crippen LogP contribution in [-0.2, 0) is 18.6 Å². The Kier molecular flexibility index (Phi) is 5.71. The topological polar surface area (TPSA) is 42.2 Å². The molecule has 0 aliphatic carbocycles. The third kappa shape index (κ3) is 3.74. The molecule has 1 aromatic heterocycles. The van der Waals surface area contributed by atoms with Crippen LogP contribution < -0.4 is 5.56 Å². The predicted molar refractivity (Wildman–Crippen MR) is 113 cm³/mol. The monoisotopic (exact) mass is 381 g/mol. The van der Waals surface area contributed by atoms with E-state index in [4.69, 9.17) is 0 Å². The van der Waals surface area contributed by atoms with Gasteiger partial charge in [0.15, 0.2) is 0 Å².